The van der Waals surface area contributed by atoms with Crippen LogP contribution in [-0.4, -0.2) is 9.13 Å². The van der Waals surface area contributed by atoms with E-state index in [0.29, 0.717) is 50.2 Å². The summed E-state index contributed by atoms with van der Waals surface area (Å²) in [6, 6.07) is 68.5. The zero-order valence-electron chi connectivity index (χ0n) is 44.2. The Kier molecular flexibility index (Phi) is 8.31. The minimum atomic E-state index is -0.473. The lowest BCUT2D eigenvalue weighted by Gasteiger charge is -2.26. The number of nitriles is 1. The monoisotopic (exact) mass is 979 g/mol. The third kappa shape index (κ3) is 5.99. The summed E-state index contributed by atoms with van der Waals surface area (Å²) in [7, 11) is 0. The van der Waals surface area contributed by atoms with Gasteiger partial charge < -0.3 is 9.13 Å². The lowest BCUT2D eigenvalue weighted by atomic mass is 9.88. The van der Waals surface area contributed by atoms with Crippen molar-refractivity contribution in [3.8, 4) is 62.0 Å². The Hall–Kier alpha value is -9.56. The van der Waals surface area contributed by atoms with Gasteiger partial charge in [-0.2, -0.15) is 5.26 Å². The van der Waals surface area contributed by atoms with Gasteiger partial charge in [-0.05, 0) is 52.1 Å². The van der Waals surface area contributed by atoms with E-state index in [1.54, 1.807) is 22.7 Å². The Morgan fingerprint density at radius 1 is 0.446 bits per heavy atom. The molecule has 0 aliphatic rings. The van der Waals surface area contributed by atoms with Crippen molar-refractivity contribution in [2.45, 2.75) is 0 Å². The molecule has 0 radical (unpaired) electrons. The Morgan fingerprint density at radius 2 is 1.01 bits per heavy atom. The van der Waals surface area contributed by atoms with Gasteiger partial charge in [0.25, 0.3) is 0 Å². The van der Waals surface area contributed by atoms with E-state index < -0.39 is 18.1 Å². The van der Waals surface area contributed by atoms with Crippen LogP contribution in [0.25, 0.3) is 145 Å². The third-order valence-electron chi connectivity index (χ3n) is 14.6. The Morgan fingerprint density at radius 3 is 1.69 bits per heavy atom. The van der Waals surface area contributed by atoms with Gasteiger partial charge in [0, 0.05) is 69.2 Å². The maximum atomic E-state index is 12.4. The zero-order valence-corrected chi connectivity index (χ0v) is 40.8. The molecule has 15 rings (SSSR count). The molecule has 0 aliphatic carbocycles. The summed E-state index contributed by atoms with van der Waals surface area (Å²) in [5, 5.41) is 19.7. The molecule has 6 heteroatoms. The second-order valence-corrected chi connectivity index (χ2v) is 20.5. The van der Waals surface area contributed by atoms with Gasteiger partial charge in [-0.1, -0.05) is 206 Å². The second kappa shape index (κ2) is 16.5. The Labute approximate surface area is 440 Å². The average Bonchev–Trinajstić information content (AvgIpc) is 2.52. The van der Waals surface area contributed by atoms with Crippen molar-refractivity contribution in [3.63, 3.8) is 0 Å². The molecule has 0 fully saturated rings. The van der Waals surface area contributed by atoms with Crippen LogP contribution in [0.4, 0.5) is 5.69 Å². The van der Waals surface area contributed by atoms with Crippen LogP contribution in [-0.2, 0) is 0 Å². The molecular weight excluding hydrogens is 937 g/mol. The summed E-state index contributed by atoms with van der Waals surface area (Å²) in [6.45, 7) is 9.52. The van der Waals surface area contributed by atoms with Crippen molar-refractivity contribution in [1.29, 1.82) is 5.26 Å². The van der Waals surface area contributed by atoms with Gasteiger partial charge in [-0.25, -0.2) is 4.85 Å². The molecule has 4 aromatic heterocycles. The molecule has 342 valence electrons. The maximum Gasteiger partial charge on any atom is 0.220 e. The van der Waals surface area contributed by atoms with Gasteiger partial charge in [-0.3, -0.25) is 0 Å². The molecule has 0 unspecified atom stereocenters. The first-order valence-electron chi connectivity index (χ1n) is 26.8. The van der Waals surface area contributed by atoms with E-state index in [1.807, 2.05) is 109 Å². The summed E-state index contributed by atoms with van der Waals surface area (Å²) < 4.78 is 54.5. The SMILES string of the molecule is [2H]c1c([2H])c([2H])c(-c2cc3c4ccccc4sc3c3c2c2ccc4c5ccccc5sc4c2n3-c2c(C#N)c(-c3ccccc3)c([N+]#[C-])c(-n3c4ccccc4c4cccc(-c5ccccc5)c43)c2-c2ccccc2)c([2H])c1[2H]. The first kappa shape index (κ1) is 37.3. The average molecular weight is 980 g/mol. The predicted molar refractivity (Wildman–Crippen MR) is 314 cm³/mol. The summed E-state index contributed by atoms with van der Waals surface area (Å²) in [5.41, 5.74) is 10.1. The molecule has 0 saturated carbocycles. The third-order valence-corrected chi connectivity index (χ3v) is 17.0. The normalized spacial score (nSPS) is 12.7. The number of aromatic nitrogens is 2. The number of rotatable bonds is 6. The predicted octanol–water partition coefficient (Wildman–Crippen LogP) is 19.7. The van der Waals surface area contributed by atoms with Gasteiger partial charge in [-0.15, -0.1) is 22.7 Å². The molecule has 0 bridgehead atoms. The maximum absolute atomic E-state index is 12.4. The Balaban J connectivity index is 1.29. The summed E-state index contributed by atoms with van der Waals surface area (Å²) in [6.07, 6.45) is 0. The number of benzene rings is 11. The van der Waals surface area contributed by atoms with Crippen LogP contribution >= 0.6 is 22.7 Å². The molecule has 0 atom stereocenters. The first-order chi connectivity index (χ1) is 38.8. The quantitative estimate of drug-likeness (QED) is 0.153. The van der Waals surface area contributed by atoms with E-state index in [2.05, 4.69) is 111 Å². The van der Waals surface area contributed by atoms with E-state index in [1.165, 1.54) is 0 Å². The van der Waals surface area contributed by atoms with Crippen molar-refractivity contribution in [2.24, 2.45) is 0 Å². The van der Waals surface area contributed by atoms with Crippen LogP contribution in [0.1, 0.15) is 12.4 Å². The summed E-state index contributed by atoms with van der Waals surface area (Å²) >= 11 is 3.28. The van der Waals surface area contributed by atoms with E-state index in [9.17, 15) is 14.6 Å². The molecule has 0 aliphatic heterocycles. The highest BCUT2D eigenvalue weighted by Gasteiger charge is 2.34. The molecule has 4 nitrogen and oxygen atoms in total. The number of para-hydroxylation sites is 2. The van der Waals surface area contributed by atoms with Gasteiger partial charge in [0.2, 0.25) is 5.69 Å². The molecule has 0 N–H and O–H groups in total. The largest absolute Gasteiger partial charge is 0.318 e. The minimum absolute atomic E-state index is 0.0835. The molecule has 11 aromatic carbocycles. The zero-order chi connectivity index (χ0) is 53.4. The van der Waals surface area contributed by atoms with Crippen LogP contribution in [0.2, 0.25) is 0 Å². The number of fused-ring (bicyclic) bond motifs is 14. The lowest BCUT2D eigenvalue weighted by molar-refractivity contribution is 1.14. The smallest absolute Gasteiger partial charge is 0.220 e. The van der Waals surface area contributed by atoms with Crippen LogP contribution in [0.15, 0.2) is 230 Å². The summed E-state index contributed by atoms with van der Waals surface area (Å²) in [4.78, 5) is 4.60. The molecule has 0 spiro atoms. The van der Waals surface area contributed by atoms with Crippen molar-refractivity contribution in [3.05, 3.63) is 247 Å². The van der Waals surface area contributed by atoms with Crippen molar-refractivity contribution in [1.82, 2.24) is 9.13 Å². The lowest BCUT2D eigenvalue weighted by Crippen LogP contribution is -2.09. The molecule has 0 amide bonds. The fraction of sp³-hybridized carbons (Fsp3) is 0. The second-order valence-electron chi connectivity index (χ2n) is 18.4. The topological polar surface area (TPSA) is 38.0 Å². The van der Waals surface area contributed by atoms with Crippen LogP contribution in [0, 0.1) is 17.9 Å². The number of hydrogen-bond donors (Lipinski definition) is 0. The number of thiophene rings is 2. The van der Waals surface area contributed by atoms with E-state index in [0.717, 1.165) is 89.7 Å². The highest BCUT2D eigenvalue weighted by atomic mass is 32.1. The van der Waals surface area contributed by atoms with Crippen LogP contribution < -0.4 is 0 Å². The number of nitrogens with zero attached hydrogens (tertiary/aromatic N) is 4. The highest BCUT2D eigenvalue weighted by molar-refractivity contribution is 7.27. The molecular formula is C68H38N4S2. The summed E-state index contributed by atoms with van der Waals surface area (Å²) in [5.74, 6) is 0. The van der Waals surface area contributed by atoms with Gasteiger partial charge in [0.1, 0.15) is 6.07 Å². The standard InChI is InChI=1S/C68H38N4S2/c1-70-61-58(43-25-10-4-11-26-43)54(40-69)63(59(44-27-12-5-13-28-44)65(61)71-55-34-17-14-29-46(55)49-33-20-32-45(62(49)71)41-21-6-2-7-22-41)72-64-51(38-37-50-47-30-15-18-35-56(47)73-67(50)64)60-52(42-23-8-3-9-24-42)39-53-48-31-16-19-36-57(48)74-68(53)66(60)72/h2-39H/i3D,8D,9D,23D,24D. The van der Waals surface area contributed by atoms with Gasteiger partial charge in [0.15, 0.2) is 0 Å². The molecule has 15 aromatic rings. The van der Waals surface area contributed by atoms with Gasteiger partial charge >= 0.3 is 0 Å². The molecule has 74 heavy (non-hydrogen) atoms. The number of hydrogen-bond acceptors (Lipinski definition) is 3. The van der Waals surface area contributed by atoms with Crippen LogP contribution in [0.3, 0.4) is 0 Å². The molecule has 4 heterocycles. The van der Waals surface area contributed by atoms with Crippen molar-refractivity contribution in [2.75, 3.05) is 0 Å². The van der Waals surface area contributed by atoms with Crippen molar-refractivity contribution < 1.29 is 6.85 Å². The van der Waals surface area contributed by atoms with E-state index in [4.69, 9.17) is 4.11 Å². The van der Waals surface area contributed by atoms with Crippen molar-refractivity contribution >= 4 is 112 Å². The molecule has 0 saturated heterocycles. The van der Waals surface area contributed by atoms with Crippen LogP contribution in [0.5, 0.6) is 0 Å². The Bertz CT molecular complexity index is 5190. The van der Waals surface area contributed by atoms with E-state index >= 15 is 0 Å². The minimum Gasteiger partial charge on any atom is -0.318 e. The van der Waals surface area contributed by atoms with Gasteiger partial charge in [0.05, 0.1) is 61.8 Å². The fourth-order valence-corrected chi connectivity index (χ4v) is 14.1. The first-order valence-corrected chi connectivity index (χ1v) is 25.9. The fourth-order valence-electron chi connectivity index (χ4n) is 11.7. The van der Waals surface area contributed by atoms with E-state index in [-0.39, 0.29) is 23.2 Å². The highest BCUT2D eigenvalue weighted by Crippen LogP contribution is 2.56.